The monoisotopic (exact) mass is 611 g/mol. The molecule has 1 atom stereocenters. The summed E-state index contributed by atoms with van der Waals surface area (Å²) in [6, 6.07) is 8.71. The maximum atomic E-state index is 14.3. The van der Waals surface area contributed by atoms with E-state index in [0.717, 1.165) is 10.7 Å². The highest BCUT2D eigenvalue weighted by atomic mass is 35.5. The van der Waals surface area contributed by atoms with Crippen molar-refractivity contribution in [3.8, 4) is 11.9 Å². The molecule has 4 aromatic rings. The van der Waals surface area contributed by atoms with Crippen LogP contribution in [0, 0.1) is 18.3 Å². The average Bonchev–Trinajstić information content (AvgIpc) is 3.56. The van der Waals surface area contributed by atoms with Gasteiger partial charge in [-0.2, -0.15) is 28.3 Å². The molecule has 4 rings (SSSR count). The molecule has 0 bridgehead atoms. The number of rotatable bonds is 8. The number of nitrogens with zero attached hydrogens (tertiary/aromatic N) is 8. The van der Waals surface area contributed by atoms with E-state index in [4.69, 9.17) is 11.6 Å². The number of hydrogen-bond acceptors (Lipinski definition) is 8. The second-order valence-corrected chi connectivity index (χ2v) is 9.14. The van der Waals surface area contributed by atoms with E-state index in [9.17, 15) is 41.2 Å². The van der Waals surface area contributed by atoms with Crippen LogP contribution in [0.25, 0.3) is 5.82 Å². The molecule has 1 unspecified atom stereocenters. The zero-order valence-corrected chi connectivity index (χ0v) is 22.0. The largest absolute Gasteiger partial charge is 0.435 e. The summed E-state index contributed by atoms with van der Waals surface area (Å²) >= 11 is 6.23. The third-order valence-electron chi connectivity index (χ3n) is 5.81. The van der Waals surface area contributed by atoms with E-state index >= 15 is 0 Å². The first-order valence-electron chi connectivity index (χ1n) is 11.6. The average molecular weight is 612 g/mol. The fraction of sp³-hybridized carbons (Fsp3) is 0.250. The highest BCUT2D eigenvalue weighted by Gasteiger charge is 2.67. The number of alkyl halides is 6. The van der Waals surface area contributed by atoms with Crippen molar-refractivity contribution in [2.24, 2.45) is 0 Å². The number of amides is 1. The molecule has 11 nitrogen and oxygen atoms in total. The van der Waals surface area contributed by atoms with Gasteiger partial charge in [-0.1, -0.05) is 11.6 Å². The normalized spacial score (nSPS) is 13.1. The Labute approximate surface area is 236 Å². The second-order valence-electron chi connectivity index (χ2n) is 8.73. The summed E-state index contributed by atoms with van der Waals surface area (Å²) in [7, 11) is 0. The Morgan fingerprint density at radius 3 is 2.48 bits per heavy atom. The van der Waals surface area contributed by atoms with Crippen LogP contribution in [0.5, 0.6) is 0 Å². The van der Waals surface area contributed by atoms with Crippen LogP contribution in [-0.4, -0.2) is 59.3 Å². The summed E-state index contributed by atoms with van der Waals surface area (Å²) in [4.78, 5) is 30.2. The number of aromatic nitrogens is 7. The van der Waals surface area contributed by atoms with Gasteiger partial charge in [-0.05, 0) is 55.0 Å². The smallest absolute Gasteiger partial charge is 0.320 e. The molecule has 1 N–H and O–H groups in total. The first-order valence-corrected chi connectivity index (χ1v) is 11.9. The van der Waals surface area contributed by atoms with Crippen molar-refractivity contribution < 1.29 is 35.9 Å². The fourth-order valence-electron chi connectivity index (χ4n) is 3.79. The Morgan fingerprint density at radius 1 is 1.17 bits per heavy atom. The molecule has 0 saturated heterocycles. The number of ketones is 1. The molecule has 218 valence electrons. The Bertz CT molecular complexity index is 1730. The number of anilines is 1. The van der Waals surface area contributed by atoms with Crippen LogP contribution < -0.4 is 5.32 Å². The minimum atomic E-state index is -6.04. The topological polar surface area (TPSA) is 144 Å². The van der Waals surface area contributed by atoms with Crippen molar-refractivity contribution in [1.29, 1.82) is 5.26 Å². The maximum Gasteiger partial charge on any atom is 0.435 e. The molecule has 0 fully saturated rings. The van der Waals surface area contributed by atoms with Gasteiger partial charge in [-0.25, -0.2) is 22.8 Å². The van der Waals surface area contributed by atoms with Crippen LogP contribution in [0.15, 0.2) is 36.5 Å². The van der Waals surface area contributed by atoms with E-state index in [1.54, 1.807) is 6.92 Å². The summed E-state index contributed by atoms with van der Waals surface area (Å²) in [6.45, 7) is 2.15. The molecule has 3 aromatic heterocycles. The number of carbonyl (C=O) groups excluding carboxylic acids is 2. The predicted molar refractivity (Wildman–Crippen MR) is 132 cm³/mol. The first-order chi connectivity index (χ1) is 19.7. The molecule has 0 saturated carbocycles. The van der Waals surface area contributed by atoms with Crippen molar-refractivity contribution in [3.63, 3.8) is 0 Å². The standard InChI is InChI=1S/C24H16ClF6N9O2/c1-11-6-13(9-32)7-15(12(2)41)18(11)34-20(42)17-8-14(36-40(17)19-16(25)4-3-5-33-19)10-39-37-22(35-38-39)23(28,21(26)27)24(29,30)31/h3-8,21H,10H2,1-2H3,(H,34,42). The number of nitriles is 1. The summed E-state index contributed by atoms with van der Waals surface area (Å²) in [5.74, 6) is -3.27. The molecule has 3 heterocycles. The van der Waals surface area contributed by atoms with Crippen LogP contribution in [0.4, 0.5) is 32.0 Å². The third-order valence-corrected chi connectivity index (χ3v) is 6.10. The van der Waals surface area contributed by atoms with E-state index in [0.29, 0.717) is 10.4 Å². The summed E-state index contributed by atoms with van der Waals surface area (Å²) < 4.78 is 80.7. The van der Waals surface area contributed by atoms with E-state index < -0.39 is 42.3 Å². The number of carbonyl (C=O) groups is 2. The quantitative estimate of drug-likeness (QED) is 0.225. The molecule has 18 heteroatoms. The van der Waals surface area contributed by atoms with E-state index in [2.05, 4.69) is 30.8 Å². The van der Waals surface area contributed by atoms with Crippen molar-refractivity contribution in [2.75, 3.05) is 5.32 Å². The van der Waals surface area contributed by atoms with Gasteiger partial charge in [0.2, 0.25) is 5.82 Å². The van der Waals surface area contributed by atoms with Crippen molar-refractivity contribution in [2.45, 2.75) is 38.7 Å². The minimum absolute atomic E-state index is 0.0330. The zero-order valence-electron chi connectivity index (χ0n) is 21.3. The second kappa shape index (κ2) is 11.2. The first kappa shape index (κ1) is 30.1. The van der Waals surface area contributed by atoms with Gasteiger partial charge in [0.15, 0.2) is 11.6 Å². The van der Waals surface area contributed by atoms with Gasteiger partial charge in [0.25, 0.3) is 12.3 Å². The molecule has 0 spiro atoms. The predicted octanol–water partition coefficient (Wildman–Crippen LogP) is 4.58. The van der Waals surface area contributed by atoms with Gasteiger partial charge in [0, 0.05) is 11.8 Å². The molecule has 0 aliphatic rings. The zero-order chi connectivity index (χ0) is 31.0. The number of benzene rings is 1. The molecule has 0 radical (unpaired) electrons. The number of tetrazole rings is 1. The molecule has 42 heavy (non-hydrogen) atoms. The van der Waals surface area contributed by atoms with Crippen molar-refractivity contribution >= 4 is 29.0 Å². The summed E-state index contributed by atoms with van der Waals surface area (Å²) in [6.07, 6.45) is -9.25. The number of halogens is 7. The van der Waals surface area contributed by atoms with E-state index in [1.807, 2.05) is 6.07 Å². The number of aryl methyl sites for hydroxylation is 1. The lowest BCUT2D eigenvalue weighted by molar-refractivity contribution is -0.277. The maximum absolute atomic E-state index is 14.3. The SMILES string of the molecule is CC(=O)c1cc(C#N)cc(C)c1NC(=O)c1cc(Cn2nnc(C(F)(C(F)F)C(F)(F)F)n2)nn1-c1ncccc1Cl. The lowest BCUT2D eigenvalue weighted by atomic mass is 10.0. The Hall–Kier alpha value is -4.85. The van der Waals surface area contributed by atoms with E-state index in [-0.39, 0.29) is 39.0 Å². The molecule has 1 amide bonds. The number of nitrogens with one attached hydrogen (secondary N) is 1. The van der Waals surface area contributed by atoms with Crippen LogP contribution in [-0.2, 0) is 12.2 Å². The number of Topliss-reactive ketones (excluding diaryl/α,β-unsaturated/α-hetero) is 1. The molecule has 0 aliphatic heterocycles. The molecular formula is C24H16ClF6N9O2. The van der Waals surface area contributed by atoms with Crippen molar-refractivity contribution in [1.82, 2.24) is 35.0 Å². The number of hydrogen-bond donors (Lipinski definition) is 1. The highest BCUT2D eigenvalue weighted by Crippen LogP contribution is 2.45. The molecule has 0 aliphatic carbocycles. The number of pyridine rings is 1. The summed E-state index contributed by atoms with van der Waals surface area (Å²) in [5.41, 5.74) is -4.85. The van der Waals surface area contributed by atoms with Gasteiger partial charge in [0.05, 0.1) is 28.0 Å². The Kier molecular flexibility index (Phi) is 8.03. The van der Waals surface area contributed by atoms with Gasteiger partial charge in [-0.15, -0.1) is 10.2 Å². The van der Waals surface area contributed by atoms with Crippen LogP contribution >= 0.6 is 11.6 Å². The summed E-state index contributed by atoms with van der Waals surface area (Å²) in [5, 5.41) is 25.2. The highest BCUT2D eigenvalue weighted by molar-refractivity contribution is 6.32. The van der Waals surface area contributed by atoms with Crippen molar-refractivity contribution in [3.05, 3.63) is 75.5 Å². The minimum Gasteiger partial charge on any atom is -0.320 e. The van der Waals surface area contributed by atoms with Crippen LogP contribution in [0.2, 0.25) is 5.02 Å². The third kappa shape index (κ3) is 5.52. The van der Waals surface area contributed by atoms with Gasteiger partial charge in [-0.3, -0.25) is 9.59 Å². The molecular weight excluding hydrogens is 596 g/mol. The van der Waals surface area contributed by atoms with Gasteiger partial charge >= 0.3 is 11.8 Å². The van der Waals surface area contributed by atoms with Gasteiger partial charge < -0.3 is 5.32 Å². The molecule has 1 aromatic carbocycles. The lowest BCUT2D eigenvalue weighted by Crippen LogP contribution is -2.45. The van der Waals surface area contributed by atoms with Crippen LogP contribution in [0.3, 0.4) is 0 Å². The van der Waals surface area contributed by atoms with Gasteiger partial charge in [0.1, 0.15) is 12.2 Å². The lowest BCUT2D eigenvalue weighted by Gasteiger charge is -2.23. The Balaban J connectivity index is 1.75. The fourth-order valence-corrected chi connectivity index (χ4v) is 3.99. The Morgan fingerprint density at radius 2 is 1.88 bits per heavy atom. The van der Waals surface area contributed by atoms with E-state index in [1.165, 1.54) is 37.4 Å². The van der Waals surface area contributed by atoms with Crippen LogP contribution in [0.1, 0.15) is 50.4 Å².